The predicted molar refractivity (Wildman–Crippen MR) is 25.1 cm³/mol. The summed E-state index contributed by atoms with van der Waals surface area (Å²) in [7, 11) is -3.35. The SMILES string of the molecule is CCS(=O)(=O)C#N. The maximum absolute atomic E-state index is 10.0. The molecule has 0 spiro atoms. The summed E-state index contributed by atoms with van der Waals surface area (Å²) in [6.07, 6.45) is 0. The fourth-order valence-electron chi connectivity index (χ4n) is 0.0645. The maximum atomic E-state index is 10.0. The summed E-state index contributed by atoms with van der Waals surface area (Å²) in [5.74, 6) is -0.0938. The number of hydrogen-bond donors (Lipinski definition) is 0. The van der Waals surface area contributed by atoms with Crippen LogP contribution in [0.5, 0.6) is 0 Å². The molecule has 40 valence electrons. The van der Waals surface area contributed by atoms with Crippen molar-refractivity contribution in [3.63, 3.8) is 0 Å². The van der Waals surface area contributed by atoms with E-state index in [2.05, 4.69) is 0 Å². The molecule has 0 rings (SSSR count). The zero-order chi connectivity index (χ0) is 5.91. The second-order valence-corrected chi connectivity index (χ2v) is 2.98. The Balaban J connectivity index is 4.28. The maximum Gasteiger partial charge on any atom is 0.241 e. The molecule has 0 aliphatic heterocycles. The summed E-state index contributed by atoms with van der Waals surface area (Å²) >= 11 is 0. The first-order chi connectivity index (χ1) is 3.12. The van der Waals surface area contributed by atoms with Crippen molar-refractivity contribution in [3.05, 3.63) is 0 Å². The molecule has 0 atom stereocenters. The molecule has 0 N–H and O–H groups in total. The molecule has 7 heavy (non-hydrogen) atoms. The molecule has 3 nitrogen and oxygen atoms in total. The van der Waals surface area contributed by atoms with Crippen LogP contribution in [0.3, 0.4) is 0 Å². The largest absolute Gasteiger partial charge is 0.241 e. The summed E-state index contributed by atoms with van der Waals surface area (Å²) < 4.78 is 20.0. The third-order valence-electron chi connectivity index (χ3n) is 0.519. The summed E-state index contributed by atoms with van der Waals surface area (Å²) in [4.78, 5) is 0. The first-order valence-electron chi connectivity index (χ1n) is 1.76. The van der Waals surface area contributed by atoms with Crippen LogP contribution in [-0.4, -0.2) is 14.2 Å². The Morgan fingerprint density at radius 1 is 1.71 bits per heavy atom. The minimum absolute atomic E-state index is 0.0938. The minimum Gasteiger partial charge on any atom is -0.213 e. The lowest BCUT2D eigenvalue weighted by Crippen LogP contribution is -1.96. The first kappa shape index (κ1) is 6.44. The van der Waals surface area contributed by atoms with Gasteiger partial charge in [-0.1, -0.05) is 6.92 Å². The number of hydrogen-bond acceptors (Lipinski definition) is 3. The lowest BCUT2D eigenvalue weighted by molar-refractivity contribution is 0.606. The highest BCUT2D eigenvalue weighted by Crippen LogP contribution is 1.80. The van der Waals surface area contributed by atoms with Crippen LogP contribution in [0.4, 0.5) is 0 Å². The molecule has 0 aromatic carbocycles. The Bertz CT molecular complexity index is 174. The zero-order valence-electron chi connectivity index (χ0n) is 3.88. The van der Waals surface area contributed by atoms with Gasteiger partial charge in [0.25, 0.3) is 0 Å². The van der Waals surface area contributed by atoms with Crippen LogP contribution in [0, 0.1) is 10.7 Å². The Morgan fingerprint density at radius 2 is 2.14 bits per heavy atom. The molecule has 0 saturated heterocycles. The topological polar surface area (TPSA) is 57.9 Å². The van der Waals surface area contributed by atoms with Gasteiger partial charge in [0.2, 0.25) is 9.84 Å². The van der Waals surface area contributed by atoms with Crippen molar-refractivity contribution in [2.75, 3.05) is 5.75 Å². The van der Waals surface area contributed by atoms with E-state index in [0.717, 1.165) is 5.40 Å². The van der Waals surface area contributed by atoms with Crippen molar-refractivity contribution < 1.29 is 8.42 Å². The normalized spacial score (nSPS) is 10.3. The highest BCUT2D eigenvalue weighted by Gasteiger charge is 2.00. The van der Waals surface area contributed by atoms with Gasteiger partial charge in [-0.15, -0.1) is 0 Å². The van der Waals surface area contributed by atoms with E-state index < -0.39 is 9.84 Å². The fraction of sp³-hybridized carbons (Fsp3) is 0.667. The second kappa shape index (κ2) is 1.94. The zero-order valence-corrected chi connectivity index (χ0v) is 4.70. The van der Waals surface area contributed by atoms with Gasteiger partial charge in [-0.25, -0.2) is 8.42 Å². The van der Waals surface area contributed by atoms with Gasteiger partial charge in [-0.2, -0.15) is 5.26 Å². The van der Waals surface area contributed by atoms with Crippen LogP contribution in [0.25, 0.3) is 0 Å². The quantitative estimate of drug-likeness (QED) is 0.358. The van der Waals surface area contributed by atoms with Crippen LogP contribution in [0.2, 0.25) is 0 Å². The predicted octanol–water partition coefficient (Wildman–Crippen LogP) is -0.0978. The van der Waals surface area contributed by atoms with Crippen LogP contribution in [0.1, 0.15) is 6.92 Å². The molecule has 0 bridgehead atoms. The molecule has 0 unspecified atom stereocenters. The number of sulfone groups is 1. The molecule has 0 aliphatic rings. The van der Waals surface area contributed by atoms with Crippen molar-refractivity contribution >= 4 is 9.84 Å². The average Bonchev–Trinajstić information content (AvgIpc) is 1.68. The van der Waals surface area contributed by atoms with Crippen molar-refractivity contribution in [1.29, 1.82) is 5.26 Å². The monoisotopic (exact) mass is 119 g/mol. The summed E-state index contributed by atoms with van der Waals surface area (Å²) in [5, 5.41) is 8.92. The smallest absolute Gasteiger partial charge is 0.213 e. The molecule has 0 fully saturated rings. The van der Waals surface area contributed by atoms with Gasteiger partial charge < -0.3 is 0 Å². The number of rotatable bonds is 1. The van der Waals surface area contributed by atoms with Gasteiger partial charge in [0.1, 0.15) is 0 Å². The average molecular weight is 119 g/mol. The van der Waals surface area contributed by atoms with E-state index in [1.165, 1.54) is 6.92 Å². The summed E-state index contributed by atoms with van der Waals surface area (Å²) in [5.41, 5.74) is 0. The van der Waals surface area contributed by atoms with E-state index >= 15 is 0 Å². The Morgan fingerprint density at radius 3 is 2.14 bits per heavy atom. The van der Waals surface area contributed by atoms with Crippen molar-refractivity contribution in [2.45, 2.75) is 6.92 Å². The summed E-state index contributed by atoms with van der Waals surface area (Å²) in [6.45, 7) is 1.43. The van der Waals surface area contributed by atoms with Gasteiger partial charge in [-0.05, 0) is 0 Å². The third-order valence-corrected chi connectivity index (χ3v) is 1.56. The van der Waals surface area contributed by atoms with E-state index in [1.54, 1.807) is 0 Å². The van der Waals surface area contributed by atoms with E-state index in [1.807, 2.05) is 0 Å². The van der Waals surface area contributed by atoms with E-state index in [-0.39, 0.29) is 5.75 Å². The Kier molecular flexibility index (Phi) is 1.78. The van der Waals surface area contributed by atoms with Crippen LogP contribution in [0.15, 0.2) is 0 Å². The van der Waals surface area contributed by atoms with Crippen molar-refractivity contribution in [1.82, 2.24) is 0 Å². The molecule has 4 heteroatoms. The van der Waals surface area contributed by atoms with E-state index in [4.69, 9.17) is 5.26 Å². The van der Waals surface area contributed by atoms with Gasteiger partial charge >= 0.3 is 0 Å². The van der Waals surface area contributed by atoms with Gasteiger partial charge in [0, 0.05) is 0 Å². The van der Waals surface area contributed by atoms with Crippen molar-refractivity contribution in [3.8, 4) is 5.40 Å². The van der Waals surface area contributed by atoms with Crippen molar-refractivity contribution in [2.24, 2.45) is 0 Å². The lowest BCUT2D eigenvalue weighted by Gasteiger charge is -1.77. The standard InChI is InChI=1S/C3H5NO2S/c1-2-7(5,6)3-4/h2H2,1H3. The van der Waals surface area contributed by atoms with Crippen LogP contribution < -0.4 is 0 Å². The molecule has 0 amide bonds. The first-order valence-corrected chi connectivity index (χ1v) is 3.41. The molecule has 0 aromatic heterocycles. The van der Waals surface area contributed by atoms with Gasteiger partial charge in [0.15, 0.2) is 5.40 Å². The van der Waals surface area contributed by atoms with Gasteiger partial charge in [0.05, 0.1) is 5.75 Å². The lowest BCUT2D eigenvalue weighted by atomic mass is 11.0. The molecule has 0 heterocycles. The Labute approximate surface area is 42.5 Å². The number of thiocyanates is 1. The number of nitriles is 1. The van der Waals surface area contributed by atoms with Crippen LogP contribution >= 0.6 is 0 Å². The van der Waals surface area contributed by atoms with E-state index in [0.29, 0.717) is 0 Å². The van der Waals surface area contributed by atoms with E-state index in [9.17, 15) is 8.42 Å². The molecule has 0 aliphatic carbocycles. The highest BCUT2D eigenvalue weighted by molar-refractivity contribution is 7.95. The minimum atomic E-state index is -3.35. The molecular formula is C3H5NO2S. The Hall–Kier alpha value is -0.560. The summed E-state index contributed by atoms with van der Waals surface area (Å²) in [6, 6.07) is 0. The number of nitrogens with zero attached hydrogens (tertiary/aromatic N) is 1. The molecule has 0 saturated carbocycles. The molecule has 0 aromatic rings. The molecule has 0 radical (unpaired) electrons. The second-order valence-electron chi connectivity index (χ2n) is 0.995. The van der Waals surface area contributed by atoms with Gasteiger partial charge in [-0.3, -0.25) is 0 Å². The van der Waals surface area contributed by atoms with Crippen LogP contribution in [-0.2, 0) is 9.84 Å². The fourth-order valence-corrected chi connectivity index (χ4v) is 0.194. The highest BCUT2D eigenvalue weighted by atomic mass is 32.2. The molecular weight excluding hydrogens is 114 g/mol. The third kappa shape index (κ3) is 2.18.